The van der Waals surface area contributed by atoms with E-state index in [0.717, 1.165) is 25.7 Å². The Balaban J connectivity index is 1.89. The summed E-state index contributed by atoms with van der Waals surface area (Å²) in [4.78, 5) is 0. The molecule has 1 fully saturated rings. The molecule has 0 amide bonds. The minimum atomic E-state index is -1.09. The van der Waals surface area contributed by atoms with Crippen molar-refractivity contribution < 1.29 is 24.8 Å². The molecule has 3 N–H and O–H groups in total. The second-order valence-corrected chi connectivity index (χ2v) is 7.68. The third-order valence-corrected chi connectivity index (χ3v) is 5.25. The lowest BCUT2D eigenvalue weighted by Crippen LogP contribution is -2.55. The van der Waals surface area contributed by atoms with Gasteiger partial charge in [0, 0.05) is 6.61 Å². The molecule has 1 saturated heterocycles. The Morgan fingerprint density at radius 2 is 1.44 bits per heavy atom. The third-order valence-electron chi connectivity index (χ3n) is 5.25. The lowest BCUT2D eigenvalue weighted by molar-refractivity contribution is -0.208. The van der Waals surface area contributed by atoms with Crippen LogP contribution in [-0.2, 0) is 9.47 Å². The standard InChI is InChI=1S/C22H42O5/c1-2-3-4-5-6-7-8-9-10-11-12-13-14-15-16-26-20-18-27-19(17-23)21(24)22(20)25/h10-11,19-25H,2-9,12-18H2,1H3/b11-10+/t19-,20+,21-,22-/m0/s1. The van der Waals surface area contributed by atoms with E-state index in [1.165, 1.54) is 51.4 Å². The van der Waals surface area contributed by atoms with Crippen LogP contribution >= 0.6 is 0 Å². The van der Waals surface area contributed by atoms with E-state index >= 15 is 0 Å². The quantitative estimate of drug-likeness (QED) is 0.278. The molecular weight excluding hydrogens is 344 g/mol. The zero-order valence-corrected chi connectivity index (χ0v) is 17.2. The fourth-order valence-electron chi connectivity index (χ4n) is 3.39. The van der Waals surface area contributed by atoms with Gasteiger partial charge in [0.25, 0.3) is 0 Å². The molecule has 0 spiro atoms. The van der Waals surface area contributed by atoms with Crippen molar-refractivity contribution >= 4 is 0 Å². The average molecular weight is 387 g/mol. The van der Waals surface area contributed by atoms with E-state index in [1.807, 2.05) is 0 Å². The number of aliphatic hydroxyl groups excluding tert-OH is 3. The molecule has 1 aliphatic heterocycles. The van der Waals surface area contributed by atoms with E-state index in [1.54, 1.807) is 0 Å². The molecule has 0 aliphatic carbocycles. The maximum absolute atomic E-state index is 9.98. The van der Waals surface area contributed by atoms with Crippen LogP contribution in [0.5, 0.6) is 0 Å². The summed E-state index contributed by atoms with van der Waals surface area (Å²) in [7, 11) is 0. The summed E-state index contributed by atoms with van der Waals surface area (Å²) in [5.41, 5.74) is 0. The molecule has 0 radical (unpaired) electrons. The third kappa shape index (κ3) is 11.2. The molecule has 0 aromatic carbocycles. The lowest BCUT2D eigenvalue weighted by Gasteiger charge is -2.36. The number of unbranched alkanes of at least 4 members (excludes halogenated alkanes) is 10. The Morgan fingerprint density at radius 1 is 0.852 bits per heavy atom. The Bertz CT molecular complexity index is 361. The van der Waals surface area contributed by atoms with E-state index in [0.29, 0.717) is 6.61 Å². The van der Waals surface area contributed by atoms with Gasteiger partial charge in [0.1, 0.15) is 24.4 Å². The van der Waals surface area contributed by atoms with Crippen molar-refractivity contribution in [3.63, 3.8) is 0 Å². The van der Waals surface area contributed by atoms with Crippen molar-refractivity contribution in [3.05, 3.63) is 12.2 Å². The predicted octanol–water partition coefficient (Wildman–Crippen LogP) is 3.74. The van der Waals surface area contributed by atoms with Crippen LogP contribution in [0.3, 0.4) is 0 Å². The van der Waals surface area contributed by atoms with Crippen LogP contribution in [0.1, 0.15) is 84.0 Å². The summed E-state index contributed by atoms with van der Waals surface area (Å²) >= 11 is 0. The van der Waals surface area contributed by atoms with Crippen molar-refractivity contribution in [2.75, 3.05) is 19.8 Å². The van der Waals surface area contributed by atoms with Gasteiger partial charge in [0.05, 0.1) is 13.2 Å². The number of ether oxygens (including phenoxy) is 2. The van der Waals surface area contributed by atoms with Crippen molar-refractivity contribution in [1.29, 1.82) is 0 Å². The number of aliphatic hydroxyl groups is 3. The highest BCUT2D eigenvalue weighted by Crippen LogP contribution is 2.18. The van der Waals surface area contributed by atoms with E-state index in [4.69, 9.17) is 14.6 Å². The van der Waals surface area contributed by atoms with Gasteiger partial charge in [-0.1, -0.05) is 64.0 Å². The van der Waals surface area contributed by atoms with Crippen LogP contribution in [0.15, 0.2) is 12.2 Å². The highest BCUT2D eigenvalue weighted by atomic mass is 16.6. The van der Waals surface area contributed by atoms with Crippen molar-refractivity contribution in [2.24, 2.45) is 0 Å². The Labute approximate surface area is 165 Å². The van der Waals surface area contributed by atoms with Gasteiger partial charge in [-0.05, 0) is 32.1 Å². The number of hydrogen-bond acceptors (Lipinski definition) is 5. The van der Waals surface area contributed by atoms with Crippen molar-refractivity contribution in [3.8, 4) is 0 Å². The van der Waals surface area contributed by atoms with Crippen LogP contribution in [-0.4, -0.2) is 59.6 Å². The molecule has 0 aromatic heterocycles. The van der Waals surface area contributed by atoms with Crippen LogP contribution in [0.2, 0.25) is 0 Å². The van der Waals surface area contributed by atoms with Crippen molar-refractivity contribution in [2.45, 2.75) is 108 Å². The Morgan fingerprint density at radius 3 is 2.07 bits per heavy atom. The minimum absolute atomic E-state index is 0.213. The van der Waals surface area contributed by atoms with Crippen LogP contribution in [0, 0.1) is 0 Å². The largest absolute Gasteiger partial charge is 0.394 e. The fraction of sp³-hybridized carbons (Fsp3) is 0.909. The smallest absolute Gasteiger partial charge is 0.111 e. The molecule has 27 heavy (non-hydrogen) atoms. The van der Waals surface area contributed by atoms with E-state index < -0.39 is 24.4 Å². The highest BCUT2D eigenvalue weighted by molar-refractivity contribution is 4.87. The summed E-state index contributed by atoms with van der Waals surface area (Å²) in [6, 6.07) is 0. The molecule has 4 atom stereocenters. The van der Waals surface area contributed by atoms with Gasteiger partial charge in [0.2, 0.25) is 0 Å². The topological polar surface area (TPSA) is 79.2 Å². The van der Waals surface area contributed by atoms with Gasteiger partial charge in [-0.2, -0.15) is 0 Å². The molecule has 1 heterocycles. The normalized spacial score (nSPS) is 26.1. The molecular formula is C22H42O5. The molecule has 5 nitrogen and oxygen atoms in total. The van der Waals surface area contributed by atoms with Gasteiger partial charge in [0.15, 0.2) is 0 Å². The van der Waals surface area contributed by atoms with Gasteiger partial charge >= 0.3 is 0 Å². The first kappa shape index (κ1) is 24.6. The molecule has 160 valence electrons. The van der Waals surface area contributed by atoms with E-state index in [2.05, 4.69) is 19.1 Å². The molecule has 0 saturated carbocycles. The number of allylic oxidation sites excluding steroid dienone is 2. The van der Waals surface area contributed by atoms with Crippen LogP contribution in [0.4, 0.5) is 0 Å². The summed E-state index contributed by atoms with van der Waals surface area (Å²) in [6.45, 7) is 2.73. The van der Waals surface area contributed by atoms with E-state index in [9.17, 15) is 10.2 Å². The molecule has 5 heteroatoms. The zero-order chi connectivity index (χ0) is 19.7. The second kappa shape index (κ2) is 16.5. The monoisotopic (exact) mass is 386 g/mol. The molecule has 1 rings (SSSR count). The van der Waals surface area contributed by atoms with Crippen LogP contribution < -0.4 is 0 Å². The fourth-order valence-corrected chi connectivity index (χ4v) is 3.39. The average Bonchev–Trinajstić information content (AvgIpc) is 2.68. The first-order chi connectivity index (χ1) is 13.2. The maximum Gasteiger partial charge on any atom is 0.111 e. The van der Waals surface area contributed by atoms with Crippen LogP contribution in [0.25, 0.3) is 0 Å². The molecule has 1 aliphatic rings. The van der Waals surface area contributed by atoms with Crippen molar-refractivity contribution in [1.82, 2.24) is 0 Å². The zero-order valence-electron chi connectivity index (χ0n) is 17.2. The first-order valence-corrected chi connectivity index (χ1v) is 11.1. The summed E-state index contributed by atoms with van der Waals surface area (Å²) in [6.07, 6.45) is 16.3. The van der Waals surface area contributed by atoms with Gasteiger partial charge in [-0.15, -0.1) is 0 Å². The van der Waals surface area contributed by atoms with Gasteiger partial charge in [-0.3, -0.25) is 0 Å². The Hall–Kier alpha value is -0.460. The Kier molecular flexibility index (Phi) is 15.0. The van der Waals surface area contributed by atoms with E-state index in [-0.39, 0.29) is 13.2 Å². The SMILES string of the molecule is CCCCCCCCC/C=C/CCCCCO[C@@H]1CO[C@@H](CO)[C@H](O)[C@H]1O. The predicted molar refractivity (Wildman–Crippen MR) is 109 cm³/mol. The summed E-state index contributed by atoms with van der Waals surface area (Å²) in [5.74, 6) is 0. The number of hydrogen-bond donors (Lipinski definition) is 3. The first-order valence-electron chi connectivity index (χ1n) is 11.1. The van der Waals surface area contributed by atoms with Gasteiger partial charge in [-0.25, -0.2) is 0 Å². The molecule has 0 aromatic rings. The lowest BCUT2D eigenvalue weighted by atomic mass is 10.0. The maximum atomic E-state index is 9.98. The second-order valence-electron chi connectivity index (χ2n) is 7.68. The minimum Gasteiger partial charge on any atom is -0.394 e. The molecule has 0 bridgehead atoms. The number of rotatable bonds is 16. The van der Waals surface area contributed by atoms with Gasteiger partial charge < -0.3 is 24.8 Å². The molecule has 0 unspecified atom stereocenters. The highest BCUT2D eigenvalue weighted by Gasteiger charge is 2.38. The summed E-state index contributed by atoms with van der Waals surface area (Å²) in [5, 5.41) is 28.8. The summed E-state index contributed by atoms with van der Waals surface area (Å²) < 4.78 is 10.9.